The zero-order valence-electron chi connectivity index (χ0n) is 17.3. The molecule has 0 saturated carbocycles. The van der Waals surface area contributed by atoms with E-state index in [0.29, 0.717) is 29.8 Å². The van der Waals surface area contributed by atoms with Crippen LogP contribution in [-0.4, -0.2) is 48.4 Å². The Labute approximate surface area is 166 Å². The van der Waals surface area contributed by atoms with Gasteiger partial charge in [-0.05, 0) is 52.0 Å². The summed E-state index contributed by atoms with van der Waals surface area (Å²) in [5.41, 5.74) is 0.264. The van der Waals surface area contributed by atoms with Gasteiger partial charge < -0.3 is 20.1 Å². The number of anilines is 3. The average Bonchev–Trinajstić information content (AvgIpc) is 2.61. The summed E-state index contributed by atoms with van der Waals surface area (Å²) in [5.74, 6) is 1.58. The van der Waals surface area contributed by atoms with Crippen molar-refractivity contribution in [3.63, 3.8) is 0 Å². The number of carbonyl (C=O) groups is 1. The number of methoxy groups -OCH3 is 2. The van der Waals surface area contributed by atoms with E-state index in [1.54, 1.807) is 38.6 Å². The molecule has 0 bridgehead atoms. The smallest absolute Gasteiger partial charge is 0.328 e. The number of amides is 2. The lowest BCUT2D eigenvalue weighted by Crippen LogP contribution is -2.47. The second-order valence-corrected chi connectivity index (χ2v) is 7.45. The molecule has 0 fully saturated rings. The number of urea groups is 1. The van der Waals surface area contributed by atoms with E-state index in [0.717, 1.165) is 0 Å². The Bertz CT molecular complexity index is 774. The topological polar surface area (TPSA) is 88.6 Å². The van der Waals surface area contributed by atoms with Crippen LogP contribution in [0, 0.1) is 0 Å². The molecule has 0 unspecified atom stereocenters. The van der Waals surface area contributed by atoms with E-state index >= 15 is 0 Å². The van der Waals surface area contributed by atoms with E-state index in [1.807, 2.05) is 39.8 Å². The number of ether oxygens (including phenoxy) is 2. The fourth-order valence-corrected chi connectivity index (χ4v) is 2.52. The molecule has 2 rings (SSSR count). The van der Waals surface area contributed by atoms with Crippen molar-refractivity contribution in [1.82, 2.24) is 15.3 Å². The Morgan fingerprint density at radius 3 is 2.43 bits per heavy atom. The second-order valence-electron chi connectivity index (χ2n) is 7.45. The zero-order valence-corrected chi connectivity index (χ0v) is 17.3. The molecular weight excluding hydrogens is 358 g/mol. The first kappa shape index (κ1) is 21.4. The van der Waals surface area contributed by atoms with Gasteiger partial charge in [-0.1, -0.05) is 0 Å². The minimum Gasteiger partial charge on any atom is -0.497 e. The lowest BCUT2D eigenvalue weighted by Gasteiger charge is -2.28. The van der Waals surface area contributed by atoms with Crippen molar-refractivity contribution in [2.75, 3.05) is 31.0 Å². The Balaban J connectivity index is 2.39. The molecule has 1 aromatic heterocycles. The van der Waals surface area contributed by atoms with Gasteiger partial charge in [-0.3, -0.25) is 0 Å². The molecule has 1 aromatic carbocycles. The number of nitrogens with one attached hydrogen (secondary N) is 2. The van der Waals surface area contributed by atoms with Crippen molar-refractivity contribution in [3.8, 4) is 5.75 Å². The SMILES string of the molecule is COC[C@H](C)Nc1nccc(N(C(=O)NC(C)(C)C)c2ccc(OC)cc2)n1. The third kappa shape index (κ3) is 6.09. The van der Waals surface area contributed by atoms with E-state index in [1.165, 1.54) is 4.90 Å². The summed E-state index contributed by atoms with van der Waals surface area (Å²) in [6, 6.07) is 8.65. The van der Waals surface area contributed by atoms with Crippen molar-refractivity contribution in [2.24, 2.45) is 0 Å². The molecule has 1 heterocycles. The largest absolute Gasteiger partial charge is 0.497 e. The molecule has 0 aliphatic carbocycles. The second kappa shape index (κ2) is 9.36. The molecule has 8 nitrogen and oxygen atoms in total. The molecule has 0 saturated heterocycles. The van der Waals surface area contributed by atoms with Crippen LogP contribution in [0.3, 0.4) is 0 Å². The Hall–Kier alpha value is -2.87. The predicted octanol–water partition coefficient (Wildman–Crippen LogP) is 3.58. The highest BCUT2D eigenvalue weighted by molar-refractivity contribution is 5.98. The summed E-state index contributed by atoms with van der Waals surface area (Å²) in [6.45, 7) is 8.26. The third-order valence-electron chi connectivity index (χ3n) is 3.68. The maximum absolute atomic E-state index is 13.0. The van der Waals surface area contributed by atoms with Gasteiger partial charge >= 0.3 is 6.03 Å². The van der Waals surface area contributed by atoms with Crippen molar-refractivity contribution < 1.29 is 14.3 Å². The molecule has 2 N–H and O–H groups in total. The van der Waals surface area contributed by atoms with Gasteiger partial charge in [-0.25, -0.2) is 14.7 Å². The van der Waals surface area contributed by atoms with E-state index in [4.69, 9.17) is 9.47 Å². The number of carbonyl (C=O) groups excluding carboxylic acids is 1. The maximum atomic E-state index is 13.0. The summed E-state index contributed by atoms with van der Waals surface area (Å²) in [7, 11) is 3.24. The molecule has 28 heavy (non-hydrogen) atoms. The average molecular weight is 387 g/mol. The Morgan fingerprint density at radius 1 is 1.18 bits per heavy atom. The number of hydrogen-bond acceptors (Lipinski definition) is 6. The van der Waals surface area contributed by atoms with Gasteiger partial charge in [0.15, 0.2) is 0 Å². The fraction of sp³-hybridized carbons (Fsp3) is 0.450. The predicted molar refractivity (Wildman–Crippen MR) is 110 cm³/mol. The molecule has 0 radical (unpaired) electrons. The maximum Gasteiger partial charge on any atom is 0.328 e. The van der Waals surface area contributed by atoms with Gasteiger partial charge in [0.05, 0.1) is 19.4 Å². The van der Waals surface area contributed by atoms with Gasteiger partial charge in [0.25, 0.3) is 0 Å². The first-order valence-corrected chi connectivity index (χ1v) is 9.08. The lowest BCUT2D eigenvalue weighted by atomic mass is 10.1. The first-order valence-electron chi connectivity index (χ1n) is 9.08. The Morgan fingerprint density at radius 2 is 1.86 bits per heavy atom. The highest BCUT2D eigenvalue weighted by Gasteiger charge is 2.24. The van der Waals surface area contributed by atoms with Crippen molar-refractivity contribution in [1.29, 1.82) is 0 Å². The van der Waals surface area contributed by atoms with Crippen molar-refractivity contribution in [3.05, 3.63) is 36.5 Å². The van der Waals surface area contributed by atoms with Crippen LogP contribution in [0.5, 0.6) is 5.75 Å². The minimum atomic E-state index is -0.400. The van der Waals surface area contributed by atoms with Gasteiger partial charge in [0.2, 0.25) is 5.95 Å². The van der Waals surface area contributed by atoms with Gasteiger partial charge in [-0.15, -0.1) is 0 Å². The van der Waals surface area contributed by atoms with Gasteiger partial charge in [0, 0.05) is 31.0 Å². The van der Waals surface area contributed by atoms with Crippen LogP contribution in [0.15, 0.2) is 36.5 Å². The van der Waals surface area contributed by atoms with Crippen molar-refractivity contribution >= 4 is 23.5 Å². The molecule has 152 valence electrons. The normalized spacial score (nSPS) is 12.2. The van der Waals surface area contributed by atoms with E-state index < -0.39 is 5.54 Å². The monoisotopic (exact) mass is 387 g/mol. The number of hydrogen-bond donors (Lipinski definition) is 2. The molecule has 2 aromatic rings. The van der Waals surface area contributed by atoms with Crippen LogP contribution in [0.4, 0.5) is 22.2 Å². The summed E-state index contributed by atoms with van der Waals surface area (Å²) >= 11 is 0. The molecule has 1 atom stereocenters. The highest BCUT2D eigenvalue weighted by atomic mass is 16.5. The zero-order chi connectivity index (χ0) is 20.7. The molecule has 8 heteroatoms. The van der Waals surface area contributed by atoms with Gasteiger partial charge in [-0.2, -0.15) is 4.98 Å². The van der Waals surface area contributed by atoms with E-state index in [-0.39, 0.29) is 12.1 Å². The van der Waals surface area contributed by atoms with Crippen LogP contribution in [-0.2, 0) is 4.74 Å². The fourth-order valence-electron chi connectivity index (χ4n) is 2.52. The standard InChI is InChI=1S/C20H29N5O3/c1-14(13-27-5)22-18-21-12-11-17(23-18)25(19(26)24-20(2,3)4)15-7-9-16(28-6)10-8-15/h7-12,14H,13H2,1-6H3,(H,24,26)(H,21,22,23)/t14-/m0/s1. The van der Waals surface area contributed by atoms with Gasteiger partial charge in [0.1, 0.15) is 11.6 Å². The van der Waals surface area contributed by atoms with Crippen LogP contribution < -0.4 is 20.3 Å². The summed E-state index contributed by atoms with van der Waals surface area (Å²) in [4.78, 5) is 23.3. The highest BCUT2D eigenvalue weighted by Crippen LogP contribution is 2.27. The summed E-state index contributed by atoms with van der Waals surface area (Å²) < 4.78 is 10.3. The van der Waals surface area contributed by atoms with Crippen LogP contribution in [0.2, 0.25) is 0 Å². The third-order valence-corrected chi connectivity index (χ3v) is 3.68. The molecular formula is C20H29N5O3. The summed E-state index contributed by atoms with van der Waals surface area (Å²) in [5, 5.41) is 6.15. The Kier molecular flexibility index (Phi) is 7.17. The quantitative estimate of drug-likeness (QED) is 0.755. The van der Waals surface area contributed by atoms with E-state index in [9.17, 15) is 4.79 Å². The number of benzene rings is 1. The molecule has 0 spiro atoms. The molecule has 2 amide bonds. The van der Waals surface area contributed by atoms with Crippen LogP contribution >= 0.6 is 0 Å². The van der Waals surface area contributed by atoms with Crippen LogP contribution in [0.25, 0.3) is 0 Å². The molecule has 0 aliphatic rings. The van der Waals surface area contributed by atoms with Crippen molar-refractivity contribution in [2.45, 2.75) is 39.3 Å². The van der Waals surface area contributed by atoms with E-state index in [2.05, 4.69) is 20.6 Å². The molecule has 0 aliphatic heterocycles. The lowest BCUT2D eigenvalue weighted by molar-refractivity contribution is 0.190. The summed E-state index contributed by atoms with van der Waals surface area (Å²) in [6.07, 6.45) is 1.62. The van der Waals surface area contributed by atoms with Crippen LogP contribution in [0.1, 0.15) is 27.7 Å². The number of nitrogens with zero attached hydrogens (tertiary/aromatic N) is 3. The first-order chi connectivity index (χ1) is 13.2. The minimum absolute atomic E-state index is 0.0260. The number of rotatable bonds is 7. The number of aromatic nitrogens is 2.